The Hall–Kier alpha value is -1.10. The van der Waals surface area contributed by atoms with Crippen molar-refractivity contribution in [3.8, 4) is 0 Å². The van der Waals surface area contributed by atoms with Gasteiger partial charge in [-0.25, -0.2) is 4.79 Å². The third-order valence-corrected chi connectivity index (χ3v) is 2.54. The largest absolute Gasteiger partial charge is 0.444 e. The molecule has 0 radical (unpaired) electrons. The second kappa shape index (κ2) is 5.04. The number of ether oxygens (including phenoxy) is 2. The minimum atomic E-state index is -0.556. The molecule has 0 aliphatic carbocycles. The Balaban J connectivity index is 2.79. The summed E-state index contributed by atoms with van der Waals surface area (Å²) in [4.78, 5) is 25.0. The zero-order chi connectivity index (χ0) is 13.2. The standard InChI is InChI=1S/C12H21NO4/c1-8(14)10-9(2)16-7-6-13(10)11(15)17-12(3,4)5/h9-10H,6-7H2,1-5H3. The third kappa shape index (κ3) is 3.70. The Morgan fingerprint density at radius 1 is 1.35 bits per heavy atom. The second-order valence-electron chi connectivity index (χ2n) is 5.31. The Kier molecular flexibility index (Phi) is 4.14. The molecule has 0 N–H and O–H groups in total. The molecule has 0 saturated carbocycles. The van der Waals surface area contributed by atoms with Gasteiger partial charge in [0.25, 0.3) is 0 Å². The highest BCUT2D eigenvalue weighted by atomic mass is 16.6. The molecule has 1 amide bonds. The number of amides is 1. The van der Waals surface area contributed by atoms with Crippen LogP contribution in [0.5, 0.6) is 0 Å². The predicted octanol–water partition coefficient (Wildman–Crippen LogP) is 1.60. The lowest BCUT2D eigenvalue weighted by Crippen LogP contribution is -2.56. The maximum absolute atomic E-state index is 12.0. The van der Waals surface area contributed by atoms with E-state index < -0.39 is 17.7 Å². The van der Waals surface area contributed by atoms with Crippen LogP contribution in [-0.4, -0.2) is 47.7 Å². The molecule has 1 saturated heterocycles. The van der Waals surface area contributed by atoms with Crippen LogP contribution in [0.1, 0.15) is 34.6 Å². The molecule has 98 valence electrons. The van der Waals surface area contributed by atoms with Gasteiger partial charge in [-0.2, -0.15) is 0 Å². The molecule has 0 aromatic carbocycles. The average molecular weight is 243 g/mol. The van der Waals surface area contributed by atoms with Gasteiger partial charge in [-0.05, 0) is 34.6 Å². The molecule has 17 heavy (non-hydrogen) atoms. The van der Waals surface area contributed by atoms with E-state index in [1.54, 1.807) is 27.7 Å². The Bertz CT molecular complexity index is 308. The molecule has 5 heteroatoms. The van der Waals surface area contributed by atoms with Gasteiger partial charge in [0.15, 0.2) is 5.78 Å². The number of rotatable bonds is 1. The monoisotopic (exact) mass is 243 g/mol. The third-order valence-electron chi connectivity index (χ3n) is 2.54. The topological polar surface area (TPSA) is 55.8 Å². The summed E-state index contributed by atoms with van der Waals surface area (Å²) in [6, 6.07) is -0.543. The smallest absolute Gasteiger partial charge is 0.411 e. The van der Waals surface area contributed by atoms with Gasteiger partial charge >= 0.3 is 6.09 Å². The number of Topliss-reactive ketones (excluding diaryl/α,β-unsaturated/α-hetero) is 1. The first kappa shape index (κ1) is 14.0. The summed E-state index contributed by atoms with van der Waals surface area (Å²) in [5, 5.41) is 0. The Morgan fingerprint density at radius 3 is 2.41 bits per heavy atom. The number of carbonyl (C=O) groups is 2. The number of carbonyl (C=O) groups excluding carboxylic acids is 2. The number of nitrogens with zero attached hydrogens (tertiary/aromatic N) is 1. The van der Waals surface area contributed by atoms with Gasteiger partial charge in [-0.3, -0.25) is 9.69 Å². The molecule has 0 bridgehead atoms. The van der Waals surface area contributed by atoms with Crippen molar-refractivity contribution >= 4 is 11.9 Å². The van der Waals surface area contributed by atoms with Crippen LogP contribution in [0.4, 0.5) is 4.79 Å². The van der Waals surface area contributed by atoms with E-state index in [1.165, 1.54) is 11.8 Å². The van der Waals surface area contributed by atoms with Gasteiger partial charge in [0.2, 0.25) is 0 Å². The summed E-state index contributed by atoms with van der Waals surface area (Å²) < 4.78 is 10.7. The van der Waals surface area contributed by atoms with Crippen LogP contribution in [0.25, 0.3) is 0 Å². The first-order chi connectivity index (χ1) is 7.72. The highest BCUT2D eigenvalue weighted by Crippen LogP contribution is 2.18. The number of hydrogen-bond acceptors (Lipinski definition) is 4. The lowest BCUT2D eigenvalue weighted by molar-refractivity contribution is -0.134. The number of hydrogen-bond donors (Lipinski definition) is 0. The molecule has 0 aromatic heterocycles. The lowest BCUT2D eigenvalue weighted by atomic mass is 10.1. The summed E-state index contributed by atoms with van der Waals surface area (Å²) >= 11 is 0. The van der Waals surface area contributed by atoms with E-state index in [1.807, 2.05) is 0 Å². The van der Waals surface area contributed by atoms with Crippen molar-refractivity contribution in [3.63, 3.8) is 0 Å². The Morgan fingerprint density at radius 2 is 1.94 bits per heavy atom. The molecule has 1 heterocycles. The molecule has 0 spiro atoms. The first-order valence-electron chi connectivity index (χ1n) is 5.84. The fourth-order valence-corrected chi connectivity index (χ4v) is 1.90. The molecule has 1 aliphatic heterocycles. The molecule has 2 unspecified atom stereocenters. The van der Waals surface area contributed by atoms with Crippen molar-refractivity contribution in [2.75, 3.05) is 13.2 Å². The van der Waals surface area contributed by atoms with Gasteiger partial charge < -0.3 is 9.47 Å². The van der Waals surface area contributed by atoms with Gasteiger partial charge in [-0.1, -0.05) is 0 Å². The SMILES string of the molecule is CC(=O)C1C(C)OCCN1C(=O)OC(C)(C)C. The van der Waals surface area contributed by atoms with Crippen molar-refractivity contribution in [2.45, 2.75) is 52.4 Å². The zero-order valence-corrected chi connectivity index (χ0v) is 11.1. The van der Waals surface area contributed by atoms with Crippen molar-refractivity contribution in [2.24, 2.45) is 0 Å². The van der Waals surface area contributed by atoms with Gasteiger partial charge in [0.1, 0.15) is 11.6 Å². The molecular formula is C12H21NO4. The Labute approximate surface area is 102 Å². The van der Waals surface area contributed by atoms with Gasteiger partial charge in [-0.15, -0.1) is 0 Å². The van der Waals surface area contributed by atoms with Gasteiger partial charge in [0.05, 0.1) is 12.7 Å². The summed E-state index contributed by atoms with van der Waals surface area (Å²) in [5.74, 6) is -0.0805. The van der Waals surface area contributed by atoms with Crippen molar-refractivity contribution in [1.82, 2.24) is 4.90 Å². The fraction of sp³-hybridized carbons (Fsp3) is 0.833. The van der Waals surface area contributed by atoms with Crippen LogP contribution in [0.3, 0.4) is 0 Å². The highest BCUT2D eigenvalue weighted by molar-refractivity contribution is 5.86. The van der Waals surface area contributed by atoms with Crippen LogP contribution in [0.15, 0.2) is 0 Å². The number of ketones is 1. The van der Waals surface area contributed by atoms with E-state index in [2.05, 4.69) is 0 Å². The quantitative estimate of drug-likeness (QED) is 0.702. The second-order valence-corrected chi connectivity index (χ2v) is 5.31. The number of morpholine rings is 1. The molecule has 1 fully saturated rings. The molecule has 1 aliphatic rings. The lowest BCUT2D eigenvalue weighted by Gasteiger charge is -2.38. The van der Waals surface area contributed by atoms with Crippen molar-refractivity contribution in [1.29, 1.82) is 0 Å². The van der Waals surface area contributed by atoms with E-state index in [4.69, 9.17) is 9.47 Å². The van der Waals surface area contributed by atoms with Crippen LogP contribution < -0.4 is 0 Å². The first-order valence-corrected chi connectivity index (χ1v) is 5.84. The van der Waals surface area contributed by atoms with Crippen molar-refractivity contribution in [3.05, 3.63) is 0 Å². The molecule has 0 aromatic rings. The maximum Gasteiger partial charge on any atom is 0.411 e. The minimum Gasteiger partial charge on any atom is -0.444 e. The van der Waals surface area contributed by atoms with Crippen LogP contribution >= 0.6 is 0 Å². The molecular weight excluding hydrogens is 222 g/mol. The van der Waals surface area contributed by atoms with Crippen LogP contribution in [0.2, 0.25) is 0 Å². The van der Waals surface area contributed by atoms with Gasteiger partial charge in [0, 0.05) is 6.54 Å². The van der Waals surface area contributed by atoms with E-state index in [-0.39, 0.29) is 11.9 Å². The summed E-state index contributed by atoms with van der Waals surface area (Å²) in [7, 11) is 0. The summed E-state index contributed by atoms with van der Waals surface area (Å²) in [5.41, 5.74) is -0.556. The minimum absolute atomic E-state index is 0.0805. The van der Waals surface area contributed by atoms with Crippen molar-refractivity contribution < 1.29 is 19.1 Å². The van der Waals surface area contributed by atoms with E-state index in [0.29, 0.717) is 13.2 Å². The molecule has 1 rings (SSSR count). The normalized spacial score (nSPS) is 25.6. The zero-order valence-electron chi connectivity index (χ0n) is 11.1. The molecule has 5 nitrogen and oxygen atoms in total. The maximum atomic E-state index is 12.0. The summed E-state index contributed by atoms with van der Waals surface area (Å²) in [6.45, 7) is 9.50. The van der Waals surface area contributed by atoms with Crippen LogP contribution in [-0.2, 0) is 14.3 Å². The average Bonchev–Trinajstić information content (AvgIpc) is 2.13. The fourth-order valence-electron chi connectivity index (χ4n) is 1.90. The summed E-state index contributed by atoms with van der Waals surface area (Å²) in [6.07, 6.45) is -0.735. The van der Waals surface area contributed by atoms with E-state index >= 15 is 0 Å². The van der Waals surface area contributed by atoms with Crippen LogP contribution in [0, 0.1) is 0 Å². The van der Waals surface area contributed by atoms with E-state index in [0.717, 1.165) is 0 Å². The highest BCUT2D eigenvalue weighted by Gasteiger charge is 2.37. The van der Waals surface area contributed by atoms with E-state index in [9.17, 15) is 9.59 Å². The predicted molar refractivity (Wildman–Crippen MR) is 62.8 cm³/mol. The molecule has 2 atom stereocenters.